The summed E-state index contributed by atoms with van der Waals surface area (Å²) in [6, 6.07) is 14.0. The molecule has 1 unspecified atom stereocenters. The smallest absolute Gasteiger partial charge is 0.263 e. The van der Waals surface area contributed by atoms with Gasteiger partial charge in [-0.1, -0.05) is 36.4 Å². The van der Waals surface area contributed by atoms with E-state index in [2.05, 4.69) is 0 Å². The van der Waals surface area contributed by atoms with Gasteiger partial charge in [0.2, 0.25) is 0 Å². The van der Waals surface area contributed by atoms with Crippen LogP contribution in [0.15, 0.2) is 53.9 Å². The second-order valence-corrected chi connectivity index (χ2v) is 5.86. The quantitative estimate of drug-likeness (QED) is 0.709. The van der Waals surface area contributed by atoms with Gasteiger partial charge in [0.15, 0.2) is 0 Å². The Kier molecular flexibility index (Phi) is 3.99. The van der Waals surface area contributed by atoms with E-state index in [0.29, 0.717) is 12.0 Å². The van der Waals surface area contributed by atoms with Crippen molar-refractivity contribution in [1.82, 2.24) is 0 Å². The van der Waals surface area contributed by atoms with Crippen molar-refractivity contribution < 1.29 is 13.9 Å². The number of rotatable bonds is 4. The number of alkyl halides is 2. The molecule has 1 N–H and O–H groups in total. The SMILES string of the molecule is OC(Cc1csc2ccccc12)c1cccc(C(F)F)c1. The van der Waals surface area contributed by atoms with Crippen LogP contribution in [0.4, 0.5) is 8.78 Å². The molecule has 0 saturated heterocycles. The molecule has 1 heterocycles. The van der Waals surface area contributed by atoms with Crippen LogP contribution >= 0.6 is 11.3 Å². The van der Waals surface area contributed by atoms with Crippen LogP contribution in [0.25, 0.3) is 10.1 Å². The number of hydrogen-bond acceptors (Lipinski definition) is 2. The van der Waals surface area contributed by atoms with E-state index < -0.39 is 12.5 Å². The number of hydrogen-bond donors (Lipinski definition) is 1. The van der Waals surface area contributed by atoms with E-state index in [-0.39, 0.29) is 5.56 Å². The van der Waals surface area contributed by atoms with Gasteiger partial charge in [0.1, 0.15) is 0 Å². The van der Waals surface area contributed by atoms with Crippen molar-refractivity contribution in [3.63, 3.8) is 0 Å². The molecule has 1 atom stereocenters. The molecule has 3 rings (SSSR count). The fourth-order valence-corrected chi connectivity index (χ4v) is 3.39. The normalized spacial score (nSPS) is 13.0. The molecule has 0 aliphatic heterocycles. The molecule has 0 spiro atoms. The highest BCUT2D eigenvalue weighted by Gasteiger charge is 2.14. The van der Waals surface area contributed by atoms with E-state index in [4.69, 9.17) is 0 Å². The molecule has 0 fully saturated rings. The van der Waals surface area contributed by atoms with Gasteiger partial charge in [-0.2, -0.15) is 0 Å². The highest BCUT2D eigenvalue weighted by Crippen LogP contribution is 2.30. The predicted molar refractivity (Wildman–Crippen MR) is 81.9 cm³/mol. The van der Waals surface area contributed by atoms with Crippen LogP contribution in [0.2, 0.25) is 0 Å². The lowest BCUT2D eigenvalue weighted by Crippen LogP contribution is -2.02. The highest BCUT2D eigenvalue weighted by atomic mass is 32.1. The minimum absolute atomic E-state index is 0.0540. The van der Waals surface area contributed by atoms with Crippen LogP contribution in [0.3, 0.4) is 0 Å². The Bertz CT molecular complexity index is 751. The van der Waals surface area contributed by atoms with Gasteiger partial charge in [-0.05, 0) is 34.0 Å². The first-order chi connectivity index (χ1) is 10.1. The molecule has 2 aromatic carbocycles. The average Bonchev–Trinajstić information content (AvgIpc) is 2.91. The second-order valence-electron chi connectivity index (χ2n) is 4.95. The van der Waals surface area contributed by atoms with Gasteiger partial charge in [-0.3, -0.25) is 0 Å². The summed E-state index contributed by atoms with van der Waals surface area (Å²) in [5.41, 5.74) is 1.52. The lowest BCUT2D eigenvalue weighted by molar-refractivity contribution is 0.149. The highest BCUT2D eigenvalue weighted by molar-refractivity contribution is 7.17. The maximum absolute atomic E-state index is 12.7. The second kappa shape index (κ2) is 5.92. The molecule has 21 heavy (non-hydrogen) atoms. The minimum Gasteiger partial charge on any atom is -0.388 e. The Morgan fingerprint density at radius 1 is 1.00 bits per heavy atom. The molecule has 0 bridgehead atoms. The van der Waals surface area contributed by atoms with E-state index in [1.54, 1.807) is 23.5 Å². The maximum atomic E-state index is 12.7. The molecular weight excluding hydrogens is 290 g/mol. The molecule has 1 aromatic heterocycles. The first-order valence-electron chi connectivity index (χ1n) is 6.66. The molecule has 0 saturated carbocycles. The first kappa shape index (κ1) is 14.2. The lowest BCUT2D eigenvalue weighted by Gasteiger charge is -2.12. The summed E-state index contributed by atoms with van der Waals surface area (Å²) < 4.78 is 26.6. The van der Waals surface area contributed by atoms with Gasteiger partial charge >= 0.3 is 0 Å². The monoisotopic (exact) mass is 304 g/mol. The van der Waals surface area contributed by atoms with E-state index in [1.165, 1.54) is 16.8 Å². The summed E-state index contributed by atoms with van der Waals surface area (Å²) in [5.74, 6) is 0. The average molecular weight is 304 g/mol. The largest absolute Gasteiger partial charge is 0.388 e. The third kappa shape index (κ3) is 2.96. The Hall–Kier alpha value is -1.78. The molecule has 0 amide bonds. The summed E-state index contributed by atoms with van der Waals surface area (Å²) in [7, 11) is 0. The zero-order chi connectivity index (χ0) is 14.8. The standard InChI is InChI=1S/C17H14F2OS/c18-17(19)12-5-3-4-11(8-12)15(20)9-13-10-21-16-7-2-1-6-14(13)16/h1-8,10,15,17,20H,9H2. The fourth-order valence-electron chi connectivity index (χ4n) is 2.42. The summed E-state index contributed by atoms with van der Waals surface area (Å²) >= 11 is 1.63. The van der Waals surface area contributed by atoms with Crippen molar-refractivity contribution in [3.05, 3.63) is 70.6 Å². The molecule has 0 radical (unpaired) electrons. The number of benzene rings is 2. The molecule has 108 valence electrons. The number of aliphatic hydroxyl groups is 1. The van der Waals surface area contributed by atoms with Gasteiger partial charge < -0.3 is 5.11 Å². The van der Waals surface area contributed by atoms with Crippen LogP contribution in [0.1, 0.15) is 29.2 Å². The Labute approximate surface area is 125 Å². The Morgan fingerprint density at radius 3 is 2.57 bits per heavy atom. The van der Waals surface area contributed by atoms with Crippen LogP contribution < -0.4 is 0 Å². The van der Waals surface area contributed by atoms with E-state index in [9.17, 15) is 13.9 Å². The van der Waals surface area contributed by atoms with Crippen molar-refractivity contribution in [2.24, 2.45) is 0 Å². The van der Waals surface area contributed by atoms with Gasteiger partial charge in [-0.25, -0.2) is 8.78 Å². The number of fused-ring (bicyclic) bond motifs is 1. The fraction of sp³-hybridized carbons (Fsp3) is 0.176. The van der Waals surface area contributed by atoms with Crippen molar-refractivity contribution in [2.45, 2.75) is 19.0 Å². The van der Waals surface area contributed by atoms with Crippen LogP contribution in [0, 0.1) is 0 Å². The zero-order valence-corrected chi connectivity index (χ0v) is 12.0. The summed E-state index contributed by atoms with van der Waals surface area (Å²) in [4.78, 5) is 0. The summed E-state index contributed by atoms with van der Waals surface area (Å²) in [5, 5.41) is 13.5. The number of halogens is 2. The van der Waals surface area contributed by atoms with Crippen molar-refractivity contribution >= 4 is 21.4 Å². The van der Waals surface area contributed by atoms with Gasteiger partial charge in [0.25, 0.3) is 6.43 Å². The Morgan fingerprint density at radius 2 is 1.76 bits per heavy atom. The van der Waals surface area contributed by atoms with E-state index in [1.807, 2.05) is 29.6 Å². The number of aliphatic hydroxyl groups excluding tert-OH is 1. The lowest BCUT2D eigenvalue weighted by atomic mass is 9.99. The van der Waals surface area contributed by atoms with Gasteiger partial charge in [0, 0.05) is 16.7 Å². The molecule has 4 heteroatoms. The molecular formula is C17H14F2OS. The van der Waals surface area contributed by atoms with Crippen molar-refractivity contribution in [1.29, 1.82) is 0 Å². The molecule has 1 nitrogen and oxygen atoms in total. The minimum atomic E-state index is -2.51. The van der Waals surface area contributed by atoms with Gasteiger partial charge in [0.05, 0.1) is 6.10 Å². The van der Waals surface area contributed by atoms with Gasteiger partial charge in [-0.15, -0.1) is 11.3 Å². The molecule has 3 aromatic rings. The molecule has 0 aliphatic rings. The van der Waals surface area contributed by atoms with Crippen molar-refractivity contribution in [2.75, 3.05) is 0 Å². The Balaban J connectivity index is 1.86. The van der Waals surface area contributed by atoms with E-state index >= 15 is 0 Å². The van der Waals surface area contributed by atoms with Crippen LogP contribution in [0.5, 0.6) is 0 Å². The third-order valence-electron chi connectivity index (χ3n) is 3.52. The maximum Gasteiger partial charge on any atom is 0.263 e. The number of thiophene rings is 1. The summed E-state index contributed by atoms with van der Waals surface area (Å²) in [6.45, 7) is 0. The van der Waals surface area contributed by atoms with E-state index in [0.717, 1.165) is 10.9 Å². The predicted octanol–water partition coefficient (Wildman–Crippen LogP) is 5.12. The third-order valence-corrected chi connectivity index (χ3v) is 4.53. The van der Waals surface area contributed by atoms with Crippen LogP contribution in [-0.2, 0) is 6.42 Å². The first-order valence-corrected chi connectivity index (χ1v) is 7.54. The zero-order valence-electron chi connectivity index (χ0n) is 11.2. The molecule has 0 aliphatic carbocycles. The summed E-state index contributed by atoms with van der Waals surface area (Å²) in [6.07, 6.45) is -2.86. The topological polar surface area (TPSA) is 20.2 Å². The van der Waals surface area contributed by atoms with Crippen LogP contribution in [-0.4, -0.2) is 5.11 Å². The van der Waals surface area contributed by atoms with Crippen molar-refractivity contribution in [3.8, 4) is 0 Å².